The molecule has 2 rings (SSSR count). The highest BCUT2D eigenvalue weighted by molar-refractivity contribution is 6.41. The Morgan fingerprint density at radius 1 is 1.40 bits per heavy atom. The largest absolute Gasteiger partial charge is 0.459 e. The molecule has 1 aliphatic rings. The van der Waals surface area contributed by atoms with Crippen LogP contribution in [0.5, 0.6) is 0 Å². The van der Waals surface area contributed by atoms with E-state index in [4.69, 9.17) is 27.9 Å². The van der Waals surface area contributed by atoms with Crippen molar-refractivity contribution in [2.24, 2.45) is 11.3 Å². The highest BCUT2D eigenvalue weighted by Gasteiger charge is 2.34. The van der Waals surface area contributed by atoms with Crippen LogP contribution in [0.15, 0.2) is 12.3 Å². The molecule has 0 amide bonds. The quantitative estimate of drug-likeness (QED) is 0.583. The van der Waals surface area contributed by atoms with Gasteiger partial charge < -0.3 is 4.74 Å². The number of hydrogen-bond donors (Lipinski definition) is 0. The summed E-state index contributed by atoms with van der Waals surface area (Å²) in [5, 5.41) is 0.453. The standard InChI is InChI=1S/C15H19Cl2NO2/c1-9-4-11(7-15(2,3)6-9)20-14(19)10-5-12(16)13(17)18-8-10/h5,8-9,11H,4,6-7H2,1-3H3. The van der Waals surface area contributed by atoms with Crippen molar-refractivity contribution in [2.75, 3.05) is 0 Å². The predicted molar refractivity (Wildman–Crippen MR) is 80.3 cm³/mol. The summed E-state index contributed by atoms with van der Waals surface area (Å²) in [5.41, 5.74) is 0.550. The Morgan fingerprint density at radius 3 is 2.70 bits per heavy atom. The summed E-state index contributed by atoms with van der Waals surface area (Å²) in [6.45, 7) is 6.62. The number of aromatic nitrogens is 1. The molecule has 0 spiro atoms. The van der Waals surface area contributed by atoms with E-state index in [9.17, 15) is 4.79 Å². The molecule has 110 valence electrons. The van der Waals surface area contributed by atoms with Gasteiger partial charge in [0.15, 0.2) is 0 Å². The lowest BCUT2D eigenvalue weighted by molar-refractivity contribution is -0.00717. The van der Waals surface area contributed by atoms with Gasteiger partial charge in [0.1, 0.15) is 11.3 Å². The molecule has 1 saturated carbocycles. The highest BCUT2D eigenvalue weighted by atomic mass is 35.5. The number of pyridine rings is 1. The van der Waals surface area contributed by atoms with E-state index in [-0.39, 0.29) is 27.7 Å². The van der Waals surface area contributed by atoms with Crippen molar-refractivity contribution >= 4 is 29.2 Å². The summed E-state index contributed by atoms with van der Waals surface area (Å²) < 4.78 is 5.60. The first-order valence-electron chi connectivity index (χ1n) is 6.79. The summed E-state index contributed by atoms with van der Waals surface area (Å²) in [6, 6.07) is 1.50. The van der Waals surface area contributed by atoms with Gasteiger partial charge in [0.05, 0.1) is 10.6 Å². The molecule has 1 aromatic heterocycles. The second-order valence-corrected chi connectivity index (χ2v) is 7.20. The Morgan fingerprint density at radius 2 is 2.10 bits per heavy atom. The van der Waals surface area contributed by atoms with E-state index in [0.717, 1.165) is 19.3 Å². The first-order chi connectivity index (χ1) is 9.27. The van der Waals surface area contributed by atoms with Gasteiger partial charge in [-0.2, -0.15) is 0 Å². The summed E-state index contributed by atoms with van der Waals surface area (Å²) in [5.74, 6) is 0.175. The molecule has 0 radical (unpaired) electrons. The van der Waals surface area contributed by atoms with E-state index in [1.54, 1.807) is 0 Å². The molecule has 1 aliphatic carbocycles. The molecule has 1 aromatic rings. The van der Waals surface area contributed by atoms with Gasteiger partial charge in [-0.25, -0.2) is 9.78 Å². The second-order valence-electron chi connectivity index (χ2n) is 6.44. The first-order valence-corrected chi connectivity index (χ1v) is 7.54. The molecular weight excluding hydrogens is 297 g/mol. The predicted octanol–water partition coefficient (Wildman–Crippen LogP) is 4.76. The molecule has 5 heteroatoms. The van der Waals surface area contributed by atoms with Gasteiger partial charge in [-0.1, -0.05) is 44.0 Å². The van der Waals surface area contributed by atoms with Gasteiger partial charge in [-0.05, 0) is 36.7 Å². The van der Waals surface area contributed by atoms with Gasteiger partial charge >= 0.3 is 5.97 Å². The molecule has 1 fully saturated rings. The number of carbonyl (C=O) groups is 1. The van der Waals surface area contributed by atoms with Crippen LogP contribution in [0.1, 0.15) is 50.4 Å². The summed E-state index contributed by atoms with van der Waals surface area (Å²) >= 11 is 11.6. The fraction of sp³-hybridized carbons (Fsp3) is 0.600. The average molecular weight is 316 g/mol. The SMILES string of the molecule is CC1CC(OC(=O)c2cnc(Cl)c(Cl)c2)CC(C)(C)C1. The highest BCUT2D eigenvalue weighted by Crippen LogP contribution is 2.39. The smallest absolute Gasteiger partial charge is 0.340 e. The summed E-state index contributed by atoms with van der Waals surface area (Å²) in [6.07, 6.45) is 4.31. The lowest BCUT2D eigenvalue weighted by atomic mass is 9.71. The Balaban J connectivity index is 2.05. The fourth-order valence-electron chi connectivity index (χ4n) is 3.10. The molecule has 0 N–H and O–H groups in total. The zero-order valence-electron chi connectivity index (χ0n) is 12.0. The van der Waals surface area contributed by atoms with E-state index in [2.05, 4.69) is 25.8 Å². The third-order valence-electron chi connectivity index (χ3n) is 3.65. The Hall–Kier alpha value is -0.800. The van der Waals surface area contributed by atoms with E-state index >= 15 is 0 Å². The lowest BCUT2D eigenvalue weighted by Gasteiger charge is -2.38. The number of halogens is 2. The van der Waals surface area contributed by atoms with Crippen molar-refractivity contribution in [3.63, 3.8) is 0 Å². The third-order valence-corrected chi connectivity index (χ3v) is 4.34. The Bertz CT molecular complexity index is 517. The number of hydrogen-bond acceptors (Lipinski definition) is 3. The Labute approximate surface area is 129 Å². The minimum atomic E-state index is -0.383. The van der Waals surface area contributed by atoms with Crippen LogP contribution in [0.2, 0.25) is 10.2 Å². The molecule has 0 aromatic carbocycles. The van der Waals surface area contributed by atoms with Crippen LogP contribution >= 0.6 is 23.2 Å². The lowest BCUT2D eigenvalue weighted by Crippen LogP contribution is -2.34. The molecule has 0 saturated heterocycles. The molecular formula is C15H19Cl2NO2. The molecule has 0 bridgehead atoms. The van der Waals surface area contributed by atoms with Crippen LogP contribution in [-0.4, -0.2) is 17.1 Å². The van der Waals surface area contributed by atoms with Crippen LogP contribution in [0.25, 0.3) is 0 Å². The summed E-state index contributed by atoms with van der Waals surface area (Å²) in [7, 11) is 0. The maximum absolute atomic E-state index is 12.1. The van der Waals surface area contributed by atoms with Crippen LogP contribution in [0, 0.1) is 11.3 Å². The van der Waals surface area contributed by atoms with E-state index in [1.807, 2.05) is 0 Å². The average Bonchev–Trinajstić information content (AvgIpc) is 2.29. The third kappa shape index (κ3) is 3.86. The fourth-order valence-corrected chi connectivity index (χ4v) is 3.37. The minimum absolute atomic E-state index is 0.0456. The van der Waals surface area contributed by atoms with Crippen molar-refractivity contribution in [1.29, 1.82) is 0 Å². The van der Waals surface area contributed by atoms with Crippen molar-refractivity contribution < 1.29 is 9.53 Å². The number of ether oxygens (including phenoxy) is 1. The molecule has 20 heavy (non-hydrogen) atoms. The van der Waals surface area contributed by atoms with Crippen molar-refractivity contribution in [3.8, 4) is 0 Å². The van der Waals surface area contributed by atoms with Gasteiger partial charge in [0, 0.05) is 6.20 Å². The van der Waals surface area contributed by atoms with Crippen LogP contribution in [0.4, 0.5) is 0 Å². The molecule has 2 unspecified atom stereocenters. The van der Waals surface area contributed by atoms with Crippen molar-refractivity contribution in [3.05, 3.63) is 28.0 Å². The summed E-state index contributed by atoms with van der Waals surface area (Å²) in [4.78, 5) is 16.0. The van der Waals surface area contributed by atoms with Gasteiger partial charge in [0.25, 0.3) is 0 Å². The number of esters is 1. The molecule has 0 aliphatic heterocycles. The number of nitrogens with zero attached hydrogens (tertiary/aromatic N) is 1. The Kier molecular flexibility index (Phi) is 4.60. The zero-order valence-corrected chi connectivity index (χ0v) is 13.5. The molecule has 2 atom stereocenters. The topological polar surface area (TPSA) is 39.2 Å². The van der Waals surface area contributed by atoms with E-state index in [0.29, 0.717) is 11.5 Å². The van der Waals surface area contributed by atoms with Gasteiger partial charge in [-0.15, -0.1) is 0 Å². The maximum atomic E-state index is 12.1. The zero-order chi connectivity index (χ0) is 14.9. The van der Waals surface area contributed by atoms with Gasteiger partial charge in [0.2, 0.25) is 0 Å². The molecule has 3 nitrogen and oxygen atoms in total. The van der Waals surface area contributed by atoms with Crippen LogP contribution in [-0.2, 0) is 4.74 Å². The van der Waals surface area contributed by atoms with Gasteiger partial charge in [-0.3, -0.25) is 0 Å². The molecule has 1 heterocycles. The van der Waals surface area contributed by atoms with E-state index in [1.165, 1.54) is 12.3 Å². The van der Waals surface area contributed by atoms with Crippen LogP contribution in [0.3, 0.4) is 0 Å². The van der Waals surface area contributed by atoms with Crippen molar-refractivity contribution in [2.45, 2.75) is 46.1 Å². The first kappa shape index (κ1) is 15.6. The number of carbonyl (C=O) groups excluding carboxylic acids is 1. The van der Waals surface area contributed by atoms with Crippen molar-refractivity contribution in [1.82, 2.24) is 4.98 Å². The van der Waals surface area contributed by atoms with E-state index < -0.39 is 0 Å². The van der Waals surface area contributed by atoms with Crippen LogP contribution < -0.4 is 0 Å². The monoisotopic (exact) mass is 315 g/mol. The second kappa shape index (κ2) is 5.90. The number of rotatable bonds is 2. The maximum Gasteiger partial charge on any atom is 0.340 e. The minimum Gasteiger partial charge on any atom is -0.459 e. The normalized spacial score (nSPS) is 25.2.